The molecule has 418 valence electrons. The molecule has 0 aliphatic heterocycles. The van der Waals surface area contributed by atoms with Gasteiger partial charge in [0.05, 0.1) is 6.42 Å². The zero-order valence-electron chi connectivity index (χ0n) is 47.9. The second kappa shape index (κ2) is 60.7. The predicted octanol–water partition coefficient (Wildman–Crippen LogP) is 21.2. The molecule has 1 unspecified atom stereocenters. The first-order valence-corrected chi connectivity index (χ1v) is 31.3. The van der Waals surface area contributed by atoms with E-state index in [1.54, 1.807) is 6.08 Å². The maximum Gasteiger partial charge on any atom is 0.310 e. The van der Waals surface area contributed by atoms with Crippen LogP contribution in [0.5, 0.6) is 0 Å². The second-order valence-corrected chi connectivity index (χ2v) is 21.0. The van der Waals surface area contributed by atoms with Gasteiger partial charge in [0, 0.05) is 12.8 Å². The van der Waals surface area contributed by atoms with E-state index in [2.05, 4.69) is 69.4 Å². The summed E-state index contributed by atoms with van der Waals surface area (Å²) < 4.78 is 16.8. The van der Waals surface area contributed by atoms with Gasteiger partial charge in [0.25, 0.3) is 0 Å². The summed E-state index contributed by atoms with van der Waals surface area (Å²) in [4.78, 5) is 38.2. The van der Waals surface area contributed by atoms with E-state index in [0.717, 1.165) is 70.6 Å². The third kappa shape index (κ3) is 58.0. The van der Waals surface area contributed by atoms with Crippen LogP contribution in [0, 0.1) is 0 Å². The zero-order valence-corrected chi connectivity index (χ0v) is 47.9. The third-order valence-electron chi connectivity index (χ3n) is 13.8. The Hall–Kier alpha value is -2.89. The van der Waals surface area contributed by atoms with Gasteiger partial charge in [-0.15, -0.1) is 0 Å². The van der Waals surface area contributed by atoms with E-state index in [4.69, 9.17) is 14.2 Å². The average Bonchev–Trinajstić information content (AvgIpc) is 3.38. The molecule has 0 aromatic heterocycles. The largest absolute Gasteiger partial charge is 0.462 e. The normalized spacial score (nSPS) is 12.4. The van der Waals surface area contributed by atoms with Gasteiger partial charge in [0.15, 0.2) is 6.10 Å². The number of hydrogen-bond donors (Lipinski definition) is 0. The van der Waals surface area contributed by atoms with Crippen LogP contribution >= 0.6 is 0 Å². The predicted molar refractivity (Wildman–Crippen MR) is 312 cm³/mol. The van der Waals surface area contributed by atoms with Gasteiger partial charge in [-0.3, -0.25) is 14.4 Å². The minimum atomic E-state index is -0.826. The summed E-state index contributed by atoms with van der Waals surface area (Å²) in [5, 5.41) is 0. The van der Waals surface area contributed by atoms with Gasteiger partial charge in [-0.25, -0.2) is 0 Å². The molecular weight excluding hydrogens is 889 g/mol. The van der Waals surface area contributed by atoms with Crippen LogP contribution in [0.25, 0.3) is 0 Å². The van der Waals surface area contributed by atoms with Crippen LogP contribution in [-0.2, 0) is 28.6 Å². The van der Waals surface area contributed by atoms with Gasteiger partial charge >= 0.3 is 17.9 Å². The van der Waals surface area contributed by atoms with Crippen LogP contribution in [0.3, 0.4) is 0 Å². The monoisotopic (exact) mass is 1010 g/mol. The Morgan fingerprint density at radius 2 is 0.528 bits per heavy atom. The van der Waals surface area contributed by atoms with Crippen molar-refractivity contribution >= 4 is 17.9 Å². The van der Waals surface area contributed by atoms with Gasteiger partial charge < -0.3 is 14.2 Å². The topological polar surface area (TPSA) is 78.9 Å². The molecule has 0 aromatic carbocycles. The standard InChI is InChI=1S/C66H118O6/c1-4-7-10-13-16-19-22-25-28-29-30-31-32-33-34-35-36-39-41-44-47-50-53-56-59-65(68)71-62-63(72-66(69)60-57-54-51-48-45-42-38-27-24-21-18-15-12-9-6-3)61-70-64(67)58-55-52-49-46-43-40-37-26-23-20-17-14-11-8-5-2/h9,12,18,21,27,38,45,48,54,57,63H,4-8,10-11,13-17,19-20,22-26,28-37,39-44,46-47,49-53,55-56,58-62H2,1-3H3/b12-9-,21-18-,38-27-,48-45-,57-54-. The molecule has 0 saturated carbocycles. The molecule has 6 nitrogen and oxygen atoms in total. The van der Waals surface area contributed by atoms with Crippen molar-refractivity contribution in [3.8, 4) is 0 Å². The average molecular weight is 1010 g/mol. The highest BCUT2D eigenvalue weighted by Gasteiger charge is 2.19. The van der Waals surface area contributed by atoms with E-state index in [1.165, 1.54) is 212 Å². The van der Waals surface area contributed by atoms with E-state index < -0.39 is 12.1 Å². The lowest BCUT2D eigenvalue weighted by Gasteiger charge is -2.18. The molecule has 6 heteroatoms. The number of esters is 3. The fraction of sp³-hybridized carbons (Fsp3) is 0.803. The Kier molecular flexibility index (Phi) is 58.2. The Morgan fingerprint density at radius 1 is 0.292 bits per heavy atom. The SMILES string of the molecule is CC/C=C\C/C=C\C/C=C\C/C=C\C/C=C\CC(=O)OC(COC(=O)CCCCCCCCCCCCCCCCC)COC(=O)CCCCCCCCCCCCCCCCCCCCCCCCCC. The van der Waals surface area contributed by atoms with Crippen molar-refractivity contribution in [2.24, 2.45) is 0 Å². The van der Waals surface area contributed by atoms with Crippen LogP contribution in [0.15, 0.2) is 60.8 Å². The molecule has 0 saturated heterocycles. The molecule has 0 aliphatic carbocycles. The summed E-state index contributed by atoms with van der Waals surface area (Å²) in [5.74, 6) is -1.02. The van der Waals surface area contributed by atoms with Crippen LogP contribution in [0.1, 0.15) is 323 Å². The van der Waals surface area contributed by atoms with E-state index in [0.29, 0.717) is 12.8 Å². The van der Waals surface area contributed by atoms with E-state index in [-0.39, 0.29) is 31.6 Å². The highest BCUT2D eigenvalue weighted by molar-refractivity contribution is 5.72. The van der Waals surface area contributed by atoms with Gasteiger partial charge in [0.1, 0.15) is 13.2 Å². The molecule has 0 spiro atoms. The van der Waals surface area contributed by atoms with Crippen LogP contribution in [0.4, 0.5) is 0 Å². The van der Waals surface area contributed by atoms with Gasteiger partial charge in [-0.2, -0.15) is 0 Å². The number of carbonyl (C=O) groups excluding carboxylic acids is 3. The van der Waals surface area contributed by atoms with Gasteiger partial charge in [-0.1, -0.05) is 319 Å². The number of hydrogen-bond acceptors (Lipinski definition) is 6. The molecule has 0 rings (SSSR count). The van der Waals surface area contributed by atoms with Crippen molar-refractivity contribution in [1.82, 2.24) is 0 Å². The fourth-order valence-electron chi connectivity index (χ4n) is 9.17. The molecule has 0 amide bonds. The summed E-state index contributed by atoms with van der Waals surface area (Å²) in [6, 6.07) is 0. The van der Waals surface area contributed by atoms with Crippen molar-refractivity contribution in [3.63, 3.8) is 0 Å². The highest BCUT2D eigenvalue weighted by Crippen LogP contribution is 2.18. The molecule has 0 radical (unpaired) electrons. The lowest BCUT2D eigenvalue weighted by atomic mass is 10.0. The van der Waals surface area contributed by atoms with Crippen molar-refractivity contribution < 1.29 is 28.6 Å². The number of ether oxygens (including phenoxy) is 3. The van der Waals surface area contributed by atoms with Crippen LogP contribution < -0.4 is 0 Å². The quantitative estimate of drug-likeness (QED) is 0.0261. The van der Waals surface area contributed by atoms with Crippen molar-refractivity contribution in [1.29, 1.82) is 0 Å². The lowest BCUT2D eigenvalue weighted by molar-refractivity contribution is -0.166. The van der Waals surface area contributed by atoms with E-state index in [1.807, 2.05) is 6.08 Å². The van der Waals surface area contributed by atoms with E-state index >= 15 is 0 Å². The summed E-state index contributed by atoms with van der Waals surface area (Å²) in [5.41, 5.74) is 0. The first-order valence-electron chi connectivity index (χ1n) is 31.3. The molecule has 0 aromatic rings. The van der Waals surface area contributed by atoms with Crippen molar-refractivity contribution in [2.75, 3.05) is 13.2 Å². The molecule has 1 atom stereocenters. The maximum atomic E-state index is 12.8. The van der Waals surface area contributed by atoms with Crippen molar-refractivity contribution in [3.05, 3.63) is 60.8 Å². The number of allylic oxidation sites excluding steroid dienone is 9. The maximum absolute atomic E-state index is 12.8. The summed E-state index contributed by atoms with van der Waals surface area (Å²) in [6.45, 7) is 6.49. The first kappa shape index (κ1) is 69.1. The highest BCUT2D eigenvalue weighted by atomic mass is 16.6. The summed E-state index contributed by atoms with van der Waals surface area (Å²) in [6.07, 6.45) is 76.9. The zero-order chi connectivity index (χ0) is 52.2. The lowest BCUT2D eigenvalue weighted by Crippen LogP contribution is -2.30. The third-order valence-corrected chi connectivity index (χ3v) is 13.8. The number of carbonyl (C=O) groups is 3. The molecule has 0 heterocycles. The molecule has 0 aliphatic rings. The first-order chi connectivity index (χ1) is 35.5. The van der Waals surface area contributed by atoms with Crippen LogP contribution in [-0.4, -0.2) is 37.2 Å². The van der Waals surface area contributed by atoms with Crippen molar-refractivity contribution in [2.45, 2.75) is 329 Å². The fourth-order valence-corrected chi connectivity index (χ4v) is 9.17. The smallest absolute Gasteiger partial charge is 0.310 e. The minimum Gasteiger partial charge on any atom is -0.462 e. The van der Waals surface area contributed by atoms with Gasteiger partial charge in [0.2, 0.25) is 0 Å². The van der Waals surface area contributed by atoms with E-state index in [9.17, 15) is 14.4 Å². The van der Waals surface area contributed by atoms with Gasteiger partial charge in [-0.05, 0) is 44.9 Å². The Labute approximate surface area is 447 Å². The summed E-state index contributed by atoms with van der Waals surface area (Å²) >= 11 is 0. The molecule has 72 heavy (non-hydrogen) atoms. The van der Waals surface area contributed by atoms with Crippen LogP contribution in [0.2, 0.25) is 0 Å². The summed E-state index contributed by atoms with van der Waals surface area (Å²) in [7, 11) is 0. The Bertz CT molecular complexity index is 1290. The Morgan fingerprint density at radius 3 is 0.792 bits per heavy atom. The minimum absolute atomic E-state index is 0.102. The Balaban J connectivity index is 4.33. The molecular formula is C66H118O6. The molecule has 0 N–H and O–H groups in total. The molecule has 0 bridgehead atoms. The number of unbranched alkanes of at least 4 members (excludes halogenated alkanes) is 37. The molecule has 0 fully saturated rings. The second-order valence-electron chi connectivity index (χ2n) is 21.0. The number of rotatable bonds is 57.